The molecule has 1 saturated heterocycles. The molecule has 1 aliphatic heterocycles. The zero-order valence-electron chi connectivity index (χ0n) is 11.6. The fourth-order valence-electron chi connectivity index (χ4n) is 2.71. The van der Waals surface area contributed by atoms with Crippen LogP contribution in [0.15, 0.2) is 18.2 Å². The second-order valence-electron chi connectivity index (χ2n) is 4.91. The van der Waals surface area contributed by atoms with E-state index in [0.717, 1.165) is 25.8 Å². The molecule has 0 spiro atoms. The minimum atomic E-state index is -0.0945. The molecule has 1 heterocycles. The maximum absolute atomic E-state index is 12.6. The van der Waals surface area contributed by atoms with Crippen molar-refractivity contribution < 1.29 is 14.6 Å². The van der Waals surface area contributed by atoms with Crippen molar-refractivity contribution in [3.8, 4) is 11.5 Å². The van der Waals surface area contributed by atoms with Gasteiger partial charge in [-0.05, 0) is 37.8 Å². The summed E-state index contributed by atoms with van der Waals surface area (Å²) < 4.78 is 5.06. The number of methoxy groups -OCH3 is 1. The fraction of sp³-hybridized carbons (Fsp3) is 0.533. The summed E-state index contributed by atoms with van der Waals surface area (Å²) in [4.78, 5) is 14.5. The van der Waals surface area contributed by atoms with E-state index in [4.69, 9.17) is 4.74 Å². The minimum Gasteiger partial charge on any atom is -0.504 e. The number of phenolic OH excluding ortho intramolecular Hbond substituents is 1. The maximum atomic E-state index is 12.6. The third-order valence-electron chi connectivity index (χ3n) is 3.81. The van der Waals surface area contributed by atoms with Crippen LogP contribution in [0.4, 0.5) is 0 Å². The summed E-state index contributed by atoms with van der Waals surface area (Å²) in [6.45, 7) is 2.87. The SMILES string of the molecule is CCC1CCCCN1C(=O)c1cccc(OC)c1O. The van der Waals surface area contributed by atoms with E-state index in [-0.39, 0.29) is 17.7 Å². The fourth-order valence-corrected chi connectivity index (χ4v) is 2.71. The number of para-hydroxylation sites is 1. The highest BCUT2D eigenvalue weighted by atomic mass is 16.5. The van der Waals surface area contributed by atoms with Gasteiger partial charge < -0.3 is 14.7 Å². The minimum absolute atomic E-state index is 0.0598. The van der Waals surface area contributed by atoms with E-state index in [2.05, 4.69) is 6.92 Å². The van der Waals surface area contributed by atoms with Gasteiger partial charge in [0.05, 0.1) is 12.7 Å². The highest BCUT2D eigenvalue weighted by Crippen LogP contribution is 2.32. The van der Waals surface area contributed by atoms with Crippen LogP contribution in [0, 0.1) is 0 Å². The molecule has 1 amide bonds. The number of benzene rings is 1. The molecule has 1 aromatic carbocycles. The van der Waals surface area contributed by atoms with Gasteiger partial charge in [0.2, 0.25) is 0 Å². The zero-order valence-corrected chi connectivity index (χ0v) is 11.6. The molecule has 1 fully saturated rings. The molecule has 1 N–H and O–H groups in total. The maximum Gasteiger partial charge on any atom is 0.258 e. The Kier molecular flexibility index (Phi) is 4.30. The van der Waals surface area contributed by atoms with E-state index in [1.165, 1.54) is 13.5 Å². The highest BCUT2D eigenvalue weighted by molar-refractivity contribution is 5.97. The van der Waals surface area contributed by atoms with E-state index < -0.39 is 0 Å². The number of hydrogen-bond acceptors (Lipinski definition) is 3. The van der Waals surface area contributed by atoms with E-state index in [9.17, 15) is 9.90 Å². The van der Waals surface area contributed by atoms with Crippen molar-refractivity contribution in [2.24, 2.45) is 0 Å². The molecule has 0 bridgehead atoms. The van der Waals surface area contributed by atoms with Gasteiger partial charge in [-0.3, -0.25) is 4.79 Å². The Morgan fingerprint density at radius 1 is 1.47 bits per heavy atom. The van der Waals surface area contributed by atoms with Gasteiger partial charge in [0.1, 0.15) is 0 Å². The number of nitrogens with zero attached hydrogens (tertiary/aromatic N) is 1. The summed E-state index contributed by atoms with van der Waals surface area (Å²) in [5, 5.41) is 10.1. The third kappa shape index (κ3) is 2.67. The van der Waals surface area contributed by atoms with Gasteiger partial charge in [0.25, 0.3) is 5.91 Å². The van der Waals surface area contributed by atoms with Gasteiger partial charge in [-0.1, -0.05) is 13.0 Å². The molecule has 2 rings (SSSR count). The smallest absolute Gasteiger partial charge is 0.258 e. The lowest BCUT2D eigenvalue weighted by atomic mass is 9.98. The van der Waals surface area contributed by atoms with Gasteiger partial charge in [-0.25, -0.2) is 0 Å². The van der Waals surface area contributed by atoms with Gasteiger partial charge >= 0.3 is 0 Å². The summed E-state index contributed by atoms with van der Waals surface area (Å²) >= 11 is 0. The highest BCUT2D eigenvalue weighted by Gasteiger charge is 2.28. The summed E-state index contributed by atoms with van der Waals surface area (Å²) in [5.74, 6) is 0.189. The standard InChI is InChI=1S/C15H21NO3/c1-3-11-7-4-5-10-16(11)15(18)12-8-6-9-13(19-2)14(12)17/h6,8-9,11,17H,3-5,7,10H2,1-2H3. The molecule has 0 aromatic heterocycles. The first-order valence-corrected chi connectivity index (χ1v) is 6.86. The lowest BCUT2D eigenvalue weighted by molar-refractivity contribution is 0.0604. The van der Waals surface area contributed by atoms with E-state index >= 15 is 0 Å². The number of hydrogen-bond donors (Lipinski definition) is 1. The van der Waals surface area contributed by atoms with Gasteiger partial charge in [0.15, 0.2) is 11.5 Å². The quantitative estimate of drug-likeness (QED) is 0.912. The van der Waals surface area contributed by atoms with Crippen LogP contribution < -0.4 is 4.74 Å². The molecule has 104 valence electrons. The first-order valence-electron chi connectivity index (χ1n) is 6.86. The average Bonchev–Trinajstić information content (AvgIpc) is 2.46. The number of rotatable bonds is 3. The monoisotopic (exact) mass is 263 g/mol. The van der Waals surface area contributed by atoms with E-state index in [0.29, 0.717) is 11.3 Å². The summed E-state index contributed by atoms with van der Waals surface area (Å²) in [6, 6.07) is 5.32. The largest absolute Gasteiger partial charge is 0.504 e. The number of carbonyl (C=O) groups is 1. The van der Waals surface area contributed by atoms with Crippen molar-refractivity contribution in [2.75, 3.05) is 13.7 Å². The van der Waals surface area contributed by atoms with Crippen molar-refractivity contribution >= 4 is 5.91 Å². The average molecular weight is 263 g/mol. The molecule has 4 nitrogen and oxygen atoms in total. The van der Waals surface area contributed by atoms with Crippen LogP contribution in [-0.4, -0.2) is 35.6 Å². The first kappa shape index (κ1) is 13.7. The molecule has 0 saturated carbocycles. The van der Waals surface area contributed by atoms with Crippen LogP contribution in [0.25, 0.3) is 0 Å². The third-order valence-corrected chi connectivity index (χ3v) is 3.81. The predicted molar refractivity (Wildman–Crippen MR) is 73.6 cm³/mol. The number of carbonyl (C=O) groups excluding carboxylic acids is 1. The first-order chi connectivity index (χ1) is 9.19. The number of amides is 1. The predicted octanol–water partition coefficient (Wildman–Crippen LogP) is 2.81. The number of likely N-dealkylation sites (tertiary alicyclic amines) is 1. The van der Waals surface area contributed by atoms with Gasteiger partial charge in [-0.15, -0.1) is 0 Å². The summed E-state index contributed by atoms with van der Waals surface area (Å²) in [7, 11) is 1.49. The Bertz CT molecular complexity index is 459. The Morgan fingerprint density at radius 2 is 2.26 bits per heavy atom. The zero-order chi connectivity index (χ0) is 13.8. The molecular formula is C15H21NO3. The van der Waals surface area contributed by atoms with Crippen molar-refractivity contribution in [3.05, 3.63) is 23.8 Å². The molecule has 1 aromatic rings. The van der Waals surface area contributed by atoms with Crippen LogP contribution in [-0.2, 0) is 0 Å². The van der Waals surface area contributed by atoms with Crippen LogP contribution >= 0.6 is 0 Å². The number of piperidine rings is 1. The van der Waals surface area contributed by atoms with Crippen molar-refractivity contribution in [1.29, 1.82) is 0 Å². The summed E-state index contributed by atoms with van der Waals surface area (Å²) in [5.41, 5.74) is 0.333. The molecule has 1 aliphatic rings. The van der Waals surface area contributed by atoms with Gasteiger partial charge in [0, 0.05) is 12.6 Å². The molecule has 4 heteroatoms. The Morgan fingerprint density at radius 3 is 2.95 bits per heavy atom. The van der Waals surface area contributed by atoms with E-state index in [1.807, 2.05) is 4.90 Å². The topological polar surface area (TPSA) is 49.8 Å². The van der Waals surface area contributed by atoms with Crippen LogP contribution in [0.5, 0.6) is 11.5 Å². The van der Waals surface area contributed by atoms with Crippen LogP contribution in [0.1, 0.15) is 43.0 Å². The van der Waals surface area contributed by atoms with Crippen LogP contribution in [0.2, 0.25) is 0 Å². The van der Waals surface area contributed by atoms with Crippen molar-refractivity contribution in [1.82, 2.24) is 4.90 Å². The molecule has 0 aliphatic carbocycles. The number of ether oxygens (including phenoxy) is 1. The Balaban J connectivity index is 2.28. The molecule has 0 radical (unpaired) electrons. The molecule has 1 atom stereocenters. The number of aromatic hydroxyl groups is 1. The second kappa shape index (κ2) is 5.95. The lowest BCUT2D eigenvalue weighted by Gasteiger charge is -2.35. The van der Waals surface area contributed by atoms with E-state index in [1.54, 1.807) is 18.2 Å². The lowest BCUT2D eigenvalue weighted by Crippen LogP contribution is -2.43. The second-order valence-corrected chi connectivity index (χ2v) is 4.91. The molecule has 1 unspecified atom stereocenters. The van der Waals surface area contributed by atoms with Gasteiger partial charge in [-0.2, -0.15) is 0 Å². The van der Waals surface area contributed by atoms with Crippen molar-refractivity contribution in [3.63, 3.8) is 0 Å². The Hall–Kier alpha value is -1.71. The normalized spacial score (nSPS) is 19.3. The molecule has 19 heavy (non-hydrogen) atoms. The van der Waals surface area contributed by atoms with Crippen molar-refractivity contribution in [2.45, 2.75) is 38.6 Å². The number of phenols is 1. The molecular weight excluding hydrogens is 242 g/mol. The summed E-state index contributed by atoms with van der Waals surface area (Å²) in [6.07, 6.45) is 4.21. The van der Waals surface area contributed by atoms with Crippen LogP contribution in [0.3, 0.4) is 0 Å². The Labute approximate surface area is 114 Å².